The van der Waals surface area contributed by atoms with Crippen molar-refractivity contribution in [1.29, 1.82) is 0 Å². The first-order valence-corrected chi connectivity index (χ1v) is 6.55. The lowest BCUT2D eigenvalue weighted by Gasteiger charge is -2.13. The van der Waals surface area contributed by atoms with Crippen molar-refractivity contribution in [2.24, 2.45) is 0 Å². The summed E-state index contributed by atoms with van der Waals surface area (Å²) < 4.78 is 6.30. The summed E-state index contributed by atoms with van der Waals surface area (Å²) in [5, 5.41) is 6.29. The molecule has 0 saturated carbocycles. The number of aromatic nitrogens is 2. The van der Waals surface area contributed by atoms with E-state index in [9.17, 15) is 0 Å². The van der Waals surface area contributed by atoms with Crippen molar-refractivity contribution in [2.75, 3.05) is 24.8 Å². The van der Waals surface area contributed by atoms with Crippen molar-refractivity contribution in [3.63, 3.8) is 0 Å². The topological polar surface area (TPSA) is 59.1 Å². The van der Waals surface area contributed by atoms with E-state index in [0.717, 1.165) is 33.1 Å². The zero-order chi connectivity index (χ0) is 13.8. The lowest BCUT2D eigenvalue weighted by Crippen LogP contribution is -2.03. The van der Waals surface area contributed by atoms with E-state index in [0.29, 0.717) is 0 Å². The number of benzene rings is 1. The monoisotopic (exact) mass is 322 g/mol. The Morgan fingerprint density at radius 3 is 2.63 bits per heavy atom. The molecule has 0 aliphatic heterocycles. The van der Waals surface area contributed by atoms with Crippen LogP contribution >= 0.6 is 15.9 Å². The summed E-state index contributed by atoms with van der Waals surface area (Å²) in [4.78, 5) is 8.41. The molecule has 100 valence electrons. The number of anilines is 3. The Balaban J connectivity index is 2.38. The Morgan fingerprint density at radius 1 is 1.21 bits per heavy atom. The minimum Gasteiger partial charge on any atom is -0.495 e. The molecular weight excluding hydrogens is 308 g/mol. The van der Waals surface area contributed by atoms with Crippen LogP contribution in [0.1, 0.15) is 5.56 Å². The van der Waals surface area contributed by atoms with Crippen LogP contribution in [0.5, 0.6) is 5.75 Å². The Hall–Kier alpha value is -1.82. The fourth-order valence-electron chi connectivity index (χ4n) is 1.73. The second-order valence-corrected chi connectivity index (χ2v) is 4.83. The Labute approximate surface area is 120 Å². The maximum atomic E-state index is 5.33. The van der Waals surface area contributed by atoms with Crippen molar-refractivity contribution in [2.45, 2.75) is 6.92 Å². The Morgan fingerprint density at radius 2 is 1.95 bits per heavy atom. The van der Waals surface area contributed by atoms with E-state index in [1.54, 1.807) is 7.11 Å². The van der Waals surface area contributed by atoms with Crippen LogP contribution in [0.2, 0.25) is 0 Å². The quantitative estimate of drug-likeness (QED) is 0.904. The van der Waals surface area contributed by atoms with E-state index in [2.05, 4.69) is 36.5 Å². The fraction of sp³-hybridized carbons (Fsp3) is 0.231. The van der Waals surface area contributed by atoms with Crippen molar-refractivity contribution in [3.8, 4) is 5.75 Å². The van der Waals surface area contributed by atoms with Gasteiger partial charge in [0.2, 0.25) is 0 Å². The van der Waals surface area contributed by atoms with Gasteiger partial charge < -0.3 is 15.4 Å². The highest BCUT2D eigenvalue weighted by atomic mass is 79.9. The molecular formula is C13H15BrN4O. The summed E-state index contributed by atoms with van der Waals surface area (Å²) in [6.07, 6.45) is 1.52. The molecule has 0 unspecified atom stereocenters. The number of nitrogens with one attached hydrogen (secondary N) is 2. The van der Waals surface area contributed by atoms with Crippen LogP contribution in [0.3, 0.4) is 0 Å². The van der Waals surface area contributed by atoms with Gasteiger partial charge in [0.1, 0.15) is 23.7 Å². The number of nitrogens with zero attached hydrogens (tertiary/aromatic N) is 2. The molecule has 0 bridgehead atoms. The molecule has 1 heterocycles. The zero-order valence-corrected chi connectivity index (χ0v) is 12.6. The molecule has 2 aromatic rings. The van der Waals surface area contributed by atoms with E-state index < -0.39 is 0 Å². The molecule has 19 heavy (non-hydrogen) atoms. The highest BCUT2D eigenvalue weighted by Crippen LogP contribution is 2.31. The van der Waals surface area contributed by atoms with Crippen LogP contribution in [-0.4, -0.2) is 24.1 Å². The molecule has 1 aromatic heterocycles. The summed E-state index contributed by atoms with van der Waals surface area (Å²) in [7, 11) is 3.47. The van der Waals surface area contributed by atoms with Crippen molar-refractivity contribution < 1.29 is 4.74 Å². The van der Waals surface area contributed by atoms with Crippen LogP contribution in [-0.2, 0) is 0 Å². The van der Waals surface area contributed by atoms with Gasteiger partial charge in [-0.15, -0.1) is 0 Å². The van der Waals surface area contributed by atoms with Crippen LogP contribution in [0.4, 0.5) is 17.3 Å². The first-order chi connectivity index (χ1) is 9.15. The van der Waals surface area contributed by atoms with E-state index in [1.165, 1.54) is 6.33 Å². The average molecular weight is 323 g/mol. The molecule has 0 amide bonds. The number of methoxy groups -OCH3 is 1. The molecule has 0 radical (unpaired) electrons. The summed E-state index contributed by atoms with van der Waals surface area (Å²) >= 11 is 3.44. The Kier molecular flexibility index (Phi) is 4.21. The highest BCUT2D eigenvalue weighted by Gasteiger charge is 2.09. The summed E-state index contributed by atoms with van der Waals surface area (Å²) in [6.45, 7) is 1.96. The number of halogens is 1. The molecule has 0 atom stereocenters. The smallest absolute Gasteiger partial charge is 0.142 e. The zero-order valence-electron chi connectivity index (χ0n) is 11.0. The molecule has 2 N–H and O–H groups in total. The maximum absolute atomic E-state index is 5.33. The molecule has 0 fully saturated rings. The third-order valence-corrected chi connectivity index (χ3v) is 3.23. The summed E-state index contributed by atoms with van der Waals surface area (Å²) in [5.74, 6) is 2.30. The molecule has 0 aliphatic rings. The van der Waals surface area contributed by atoms with Gasteiger partial charge in [-0.1, -0.05) is 15.9 Å². The van der Waals surface area contributed by atoms with Crippen LogP contribution in [0.15, 0.2) is 29.0 Å². The van der Waals surface area contributed by atoms with Crippen molar-refractivity contribution >= 4 is 33.3 Å². The molecule has 5 nitrogen and oxygen atoms in total. The van der Waals surface area contributed by atoms with Crippen molar-refractivity contribution in [3.05, 3.63) is 34.6 Å². The van der Waals surface area contributed by atoms with Crippen LogP contribution in [0.25, 0.3) is 0 Å². The largest absolute Gasteiger partial charge is 0.495 e. The molecule has 0 spiro atoms. The minimum absolute atomic E-state index is 0.746. The van der Waals surface area contributed by atoms with Crippen LogP contribution in [0, 0.1) is 6.92 Å². The number of hydrogen-bond donors (Lipinski definition) is 2. The predicted octanol–water partition coefficient (Wildman–Crippen LogP) is 3.34. The lowest BCUT2D eigenvalue weighted by molar-refractivity contribution is 0.416. The van der Waals surface area contributed by atoms with Gasteiger partial charge in [-0.05, 0) is 25.1 Å². The molecule has 6 heteroatoms. The standard InChI is InChI=1S/C13H15BrN4O/c1-8-12(15-2)16-7-17-13(8)18-10-6-9(14)4-5-11(10)19-3/h4-7H,1-3H3,(H2,15,16,17,18). The highest BCUT2D eigenvalue weighted by molar-refractivity contribution is 9.10. The molecule has 0 saturated heterocycles. The third-order valence-electron chi connectivity index (χ3n) is 2.74. The summed E-state index contributed by atoms with van der Waals surface area (Å²) in [5.41, 5.74) is 1.80. The van der Waals surface area contributed by atoms with Gasteiger partial charge in [-0.2, -0.15) is 0 Å². The lowest BCUT2D eigenvalue weighted by atomic mass is 10.2. The van der Waals surface area contributed by atoms with Gasteiger partial charge in [0.25, 0.3) is 0 Å². The first-order valence-electron chi connectivity index (χ1n) is 5.75. The van der Waals surface area contributed by atoms with E-state index in [4.69, 9.17) is 4.74 Å². The van der Waals surface area contributed by atoms with Gasteiger partial charge in [0.05, 0.1) is 12.8 Å². The number of hydrogen-bond acceptors (Lipinski definition) is 5. The number of ether oxygens (including phenoxy) is 1. The SMILES string of the molecule is CNc1ncnc(Nc2cc(Br)ccc2OC)c1C. The van der Waals surface area contributed by atoms with Gasteiger partial charge in [0.15, 0.2) is 0 Å². The average Bonchev–Trinajstić information content (AvgIpc) is 2.41. The van der Waals surface area contributed by atoms with Gasteiger partial charge in [-0.3, -0.25) is 0 Å². The first kappa shape index (κ1) is 13.6. The molecule has 0 aliphatic carbocycles. The van der Waals surface area contributed by atoms with E-state index >= 15 is 0 Å². The minimum atomic E-state index is 0.746. The third kappa shape index (κ3) is 2.96. The fourth-order valence-corrected chi connectivity index (χ4v) is 2.09. The van der Waals surface area contributed by atoms with Gasteiger partial charge in [-0.25, -0.2) is 9.97 Å². The number of rotatable bonds is 4. The van der Waals surface area contributed by atoms with Gasteiger partial charge in [0, 0.05) is 17.1 Å². The molecule has 2 rings (SSSR count). The predicted molar refractivity (Wildman–Crippen MR) is 80.3 cm³/mol. The van der Waals surface area contributed by atoms with Crippen LogP contribution < -0.4 is 15.4 Å². The van der Waals surface area contributed by atoms with Crippen molar-refractivity contribution in [1.82, 2.24) is 9.97 Å². The van der Waals surface area contributed by atoms with E-state index in [1.807, 2.05) is 32.2 Å². The molecule has 1 aromatic carbocycles. The van der Waals surface area contributed by atoms with E-state index in [-0.39, 0.29) is 0 Å². The summed E-state index contributed by atoms with van der Waals surface area (Å²) in [6, 6.07) is 5.76. The normalized spacial score (nSPS) is 10.1. The van der Waals surface area contributed by atoms with Gasteiger partial charge >= 0.3 is 0 Å². The maximum Gasteiger partial charge on any atom is 0.142 e. The second kappa shape index (κ2) is 5.88. The Bertz CT molecular complexity index is 589. The second-order valence-electron chi connectivity index (χ2n) is 3.92.